The van der Waals surface area contributed by atoms with Crippen molar-refractivity contribution in [2.45, 2.75) is 90.9 Å². The molecular formula is C24H36O7. The Labute approximate surface area is 183 Å². The molecule has 174 valence electrons. The van der Waals surface area contributed by atoms with Crippen LogP contribution in [0.5, 0.6) is 17.2 Å². The summed E-state index contributed by atoms with van der Waals surface area (Å²) in [5.41, 5.74) is -0.498. The van der Waals surface area contributed by atoms with Gasteiger partial charge in [0.05, 0.1) is 10.8 Å². The number of hydrogen-bond acceptors (Lipinski definition) is 5. The first-order valence-electron chi connectivity index (χ1n) is 11.2. The molecule has 0 aliphatic heterocycles. The number of carboxylic acids is 2. The maximum Gasteiger partial charge on any atom is 0.309 e. The molecular weight excluding hydrogens is 400 g/mol. The number of carboxylic acid groups (broad SMARTS) is 2. The van der Waals surface area contributed by atoms with E-state index in [0.717, 1.165) is 25.7 Å². The number of carbonyl (C=O) groups is 2. The summed E-state index contributed by atoms with van der Waals surface area (Å²) >= 11 is 0. The molecule has 1 aliphatic carbocycles. The number of aromatic hydroxyl groups is 3. The number of benzene rings is 1. The molecule has 31 heavy (non-hydrogen) atoms. The number of hydrogen-bond donors (Lipinski definition) is 5. The smallest absolute Gasteiger partial charge is 0.309 e. The number of aryl methyl sites for hydroxylation is 1. The summed E-state index contributed by atoms with van der Waals surface area (Å²) in [6.07, 6.45) is 8.15. The van der Waals surface area contributed by atoms with Crippen molar-refractivity contribution in [1.82, 2.24) is 0 Å². The summed E-state index contributed by atoms with van der Waals surface area (Å²) in [7, 11) is 0. The highest BCUT2D eigenvalue weighted by molar-refractivity contribution is 5.77. The third kappa shape index (κ3) is 6.52. The number of unbranched alkanes of at least 4 members (excludes halogenated alkanes) is 4. The zero-order valence-electron chi connectivity index (χ0n) is 18.6. The first-order chi connectivity index (χ1) is 14.5. The lowest BCUT2D eigenvalue weighted by Gasteiger charge is -2.18. The monoisotopic (exact) mass is 436 g/mol. The van der Waals surface area contributed by atoms with E-state index in [-0.39, 0.29) is 17.2 Å². The van der Waals surface area contributed by atoms with E-state index < -0.39 is 22.8 Å². The Kier molecular flexibility index (Phi) is 8.21. The molecule has 2 rings (SSSR count). The van der Waals surface area contributed by atoms with Crippen molar-refractivity contribution in [3.8, 4) is 17.2 Å². The van der Waals surface area contributed by atoms with Crippen LogP contribution in [0.4, 0.5) is 0 Å². The van der Waals surface area contributed by atoms with Crippen LogP contribution in [0.25, 0.3) is 0 Å². The largest absolute Gasteiger partial charge is 0.508 e. The predicted molar refractivity (Wildman–Crippen MR) is 117 cm³/mol. The highest BCUT2D eigenvalue weighted by atomic mass is 16.4. The lowest BCUT2D eigenvalue weighted by molar-refractivity contribution is -0.147. The Bertz CT molecular complexity index is 794. The fourth-order valence-electron chi connectivity index (χ4n) is 4.00. The lowest BCUT2D eigenvalue weighted by Crippen LogP contribution is -2.23. The minimum absolute atomic E-state index is 0.0483. The molecule has 1 aliphatic rings. The van der Waals surface area contributed by atoms with Gasteiger partial charge in [0.2, 0.25) is 0 Å². The summed E-state index contributed by atoms with van der Waals surface area (Å²) in [6, 6.07) is 1.50. The Morgan fingerprint density at radius 3 is 2.10 bits per heavy atom. The second-order valence-corrected chi connectivity index (χ2v) is 9.63. The highest BCUT2D eigenvalue weighted by Crippen LogP contribution is 2.50. The van der Waals surface area contributed by atoms with Crippen molar-refractivity contribution in [1.29, 1.82) is 0 Å². The van der Waals surface area contributed by atoms with Crippen LogP contribution in [-0.4, -0.2) is 37.5 Å². The summed E-state index contributed by atoms with van der Waals surface area (Å²) in [5.74, 6) is -2.09. The number of aliphatic carboxylic acids is 2. The van der Waals surface area contributed by atoms with Gasteiger partial charge in [0.15, 0.2) is 11.5 Å². The second-order valence-electron chi connectivity index (χ2n) is 9.63. The van der Waals surface area contributed by atoms with E-state index in [0.29, 0.717) is 62.5 Å². The van der Waals surface area contributed by atoms with Crippen LogP contribution in [0.3, 0.4) is 0 Å². The normalized spacial score (nSPS) is 15.0. The summed E-state index contributed by atoms with van der Waals surface area (Å²) in [5, 5.41) is 49.3. The average molecular weight is 437 g/mol. The molecule has 5 N–H and O–H groups in total. The molecule has 0 aromatic heterocycles. The fraction of sp³-hybridized carbons (Fsp3) is 0.667. The van der Waals surface area contributed by atoms with Gasteiger partial charge >= 0.3 is 11.9 Å². The van der Waals surface area contributed by atoms with Crippen molar-refractivity contribution in [3.05, 3.63) is 17.2 Å². The van der Waals surface area contributed by atoms with Crippen molar-refractivity contribution in [2.24, 2.45) is 10.8 Å². The summed E-state index contributed by atoms with van der Waals surface area (Å²) < 4.78 is 0. The lowest BCUT2D eigenvalue weighted by atomic mass is 9.87. The number of phenolic OH excluding ortho intramolecular Hbond substituents is 3. The molecule has 0 atom stereocenters. The molecule has 0 heterocycles. The third-order valence-electron chi connectivity index (χ3n) is 6.65. The van der Waals surface area contributed by atoms with Crippen LogP contribution in [0.15, 0.2) is 6.07 Å². The number of phenols is 3. The molecule has 0 radical (unpaired) electrons. The molecule has 1 saturated carbocycles. The molecule has 0 spiro atoms. The van der Waals surface area contributed by atoms with E-state index in [1.54, 1.807) is 13.8 Å². The zero-order valence-corrected chi connectivity index (χ0v) is 18.6. The van der Waals surface area contributed by atoms with E-state index in [1.807, 2.05) is 0 Å². The van der Waals surface area contributed by atoms with Gasteiger partial charge in [-0.25, -0.2) is 0 Å². The summed E-state index contributed by atoms with van der Waals surface area (Å²) in [4.78, 5) is 22.3. The van der Waals surface area contributed by atoms with Crippen LogP contribution in [0.2, 0.25) is 0 Å². The van der Waals surface area contributed by atoms with Crippen LogP contribution in [0.1, 0.15) is 89.2 Å². The highest BCUT2D eigenvalue weighted by Gasteiger charge is 2.49. The predicted octanol–water partition coefficient (Wildman–Crippen LogP) is 4.98. The van der Waals surface area contributed by atoms with E-state index in [1.165, 1.54) is 6.07 Å². The molecule has 1 aromatic carbocycles. The van der Waals surface area contributed by atoms with Crippen molar-refractivity contribution < 1.29 is 35.1 Å². The van der Waals surface area contributed by atoms with E-state index in [2.05, 4.69) is 0 Å². The third-order valence-corrected chi connectivity index (χ3v) is 6.65. The van der Waals surface area contributed by atoms with Crippen LogP contribution in [-0.2, 0) is 22.4 Å². The maximum atomic E-state index is 11.2. The van der Waals surface area contributed by atoms with Gasteiger partial charge in [-0.3, -0.25) is 9.59 Å². The quantitative estimate of drug-likeness (QED) is 0.158. The molecule has 0 amide bonds. The Hall–Kier alpha value is -2.44. The van der Waals surface area contributed by atoms with Gasteiger partial charge in [0, 0.05) is 11.1 Å². The van der Waals surface area contributed by atoms with Crippen LogP contribution < -0.4 is 0 Å². The zero-order chi connectivity index (χ0) is 23.2. The Balaban J connectivity index is 1.78. The van der Waals surface area contributed by atoms with Gasteiger partial charge in [0.25, 0.3) is 0 Å². The standard InChI is InChI=1S/C24H36O7/c1-23(2,21(28)29)11-7-4-3-5-9-16-15-18(25)17(20(27)19(16)26)10-6-8-12-24(13-14-24)22(30)31/h15,25-27H,3-14H2,1-2H3,(H,28,29)(H,30,31). The van der Waals surface area contributed by atoms with Gasteiger partial charge in [0.1, 0.15) is 5.75 Å². The van der Waals surface area contributed by atoms with E-state index in [4.69, 9.17) is 5.11 Å². The summed E-state index contributed by atoms with van der Waals surface area (Å²) in [6.45, 7) is 3.44. The Morgan fingerprint density at radius 1 is 0.903 bits per heavy atom. The SMILES string of the molecule is CC(C)(CCCCCCc1cc(O)c(CCCCC2(C(=O)O)CC2)c(O)c1O)C(=O)O. The first-order valence-corrected chi connectivity index (χ1v) is 11.2. The van der Waals surface area contributed by atoms with Gasteiger partial charge in [-0.2, -0.15) is 0 Å². The topological polar surface area (TPSA) is 135 Å². The molecule has 1 aromatic rings. The maximum absolute atomic E-state index is 11.2. The fourth-order valence-corrected chi connectivity index (χ4v) is 4.00. The molecule has 0 saturated heterocycles. The second kappa shape index (κ2) is 10.2. The van der Waals surface area contributed by atoms with Gasteiger partial charge in [-0.1, -0.05) is 25.7 Å². The molecule has 1 fully saturated rings. The average Bonchev–Trinajstić information content (AvgIpc) is 3.48. The molecule has 7 nitrogen and oxygen atoms in total. The molecule has 0 bridgehead atoms. The minimum atomic E-state index is -0.794. The minimum Gasteiger partial charge on any atom is -0.508 e. The van der Waals surface area contributed by atoms with Gasteiger partial charge in [-0.15, -0.1) is 0 Å². The van der Waals surface area contributed by atoms with E-state index in [9.17, 15) is 30.0 Å². The van der Waals surface area contributed by atoms with Crippen molar-refractivity contribution in [3.63, 3.8) is 0 Å². The van der Waals surface area contributed by atoms with Gasteiger partial charge in [-0.05, 0) is 71.3 Å². The Morgan fingerprint density at radius 2 is 1.52 bits per heavy atom. The molecule has 7 heteroatoms. The van der Waals surface area contributed by atoms with Gasteiger partial charge < -0.3 is 25.5 Å². The van der Waals surface area contributed by atoms with Crippen molar-refractivity contribution in [2.75, 3.05) is 0 Å². The van der Waals surface area contributed by atoms with Crippen LogP contribution >= 0.6 is 0 Å². The molecule has 0 unspecified atom stereocenters. The van der Waals surface area contributed by atoms with Crippen molar-refractivity contribution >= 4 is 11.9 Å². The van der Waals surface area contributed by atoms with E-state index >= 15 is 0 Å². The first kappa shape index (κ1) is 24.8. The van der Waals surface area contributed by atoms with Crippen LogP contribution in [0, 0.1) is 10.8 Å². The number of rotatable bonds is 14.